The van der Waals surface area contributed by atoms with Gasteiger partial charge in [-0.2, -0.15) is 0 Å². The van der Waals surface area contributed by atoms with Crippen molar-refractivity contribution in [2.24, 2.45) is 5.84 Å². The molecule has 5 heteroatoms. The van der Waals surface area contributed by atoms with E-state index < -0.39 is 0 Å². The largest absolute Gasteiger partial charge is 0.359 e. The fourth-order valence-electron chi connectivity index (χ4n) is 1.38. The van der Waals surface area contributed by atoms with Gasteiger partial charge in [-0.1, -0.05) is 12.1 Å². The summed E-state index contributed by atoms with van der Waals surface area (Å²) in [5.41, 5.74) is 3.54. The Balaban J connectivity index is 2.70. The zero-order valence-corrected chi connectivity index (χ0v) is 8.76. The number of carbonyl (C=O) groups excluding carboxylic acids is 1. The smallest absolute Gasteiger partial charge is 0.267 e. The van der Waals surface area contributed by atoms with E-state index in [1.54, 1.807) is 6.20 Å². The van der Waals surface area contributed by atoms with E-state index in [0.29, 0.717) is 5.56 Å². The van der Waals surface area contributed by atoms with Crippen molar-refractivity contribution in [1.29, 1.82) is 0 Å². The highest BCUT2D eigenvalue weighted by atomic mass is 79.9. The van der Waals surface area contributed by atoms with E-state index in [0.717, 1.165) is 15.4 Å². The summed E-state index contributed by atoms with van der Waals surface area (Å²) in [5, 5.41) is 0.849. The number of H-pyrrole nitrogens is 1. The van der Waals surface area contributed by atoms with E-state index in [4.69, 9.17) is 5.84 Å². The Hall–Kier alpha value is -1.33. The topological polar surface area (TPSA) is 70.9 Å². The van der Waals surface area contributed by atoms with Gasteiger partial charge >= 0.3 is 0 Å². The van der Waals surface area contributed by atoms with Gasteiger partial charge in [0.15, 0.2) is 0 Å². The third-order valence-electron chi connectivity index (χ3n) is 2.04. The van der Waals surface area contributed by atoms with Crippen molar-refractivity contribution in [2.75, 3.05) is 0 Å². The summed E-state index contributed by atoms with van der Waals surface area (Å²) in [6.45, 7) is 0. The average molecular weight is 254 g/mol. The Morgan fingerprint density at radius 3 is 3.00 bits per heavy atom. The third kappa shape index (κ3) is 1.30. The number of aromatic nitrogens is 1. The van der Waals surface area contributed by atoms with Crippen LogP contribution in [-0.2, 0) is 0 Å². The average Bonchev–Trinajstić information content (AvgIpc) is 2.62. The van der Waals surface area contributed by atoms with Crippen LogP contribution in [0.5, 0.6) is 0 Å². The first-order valence-electron chi connectivity index (χ1n) is 4.00. The number of benzene rings is 1. The SMILES string of the molecule is NNC(=O)c1c[nH]c2c(Br)cccc12. The van der Waals surface area contributed by atoms with Crippen LogP contribution >= 0.6 is 15.9 Å². The summed E-state index contributed by atoms with van der Waals surface area (Å²) in [7, 11) is 0. The second-order valence-corrected chi connectivity index (χ2v) is 3.69. The number of para-hydroxylation sites is 1. The van der Waals surface area contributed by atoms with Gasteiger partial charge in [0.1, 0.15) is 0 Å². The number of nitrogen functional groups attached to an aromatic ring is 1. The van der Waals surface area contributed by atoms with Crippen molar-refractivity contribution in [1.82, 2.24) is 10.4 Å². The monoisotopic (exact) mass is 253 g/mol. The van der Waals surface area contributed by atoms with Gasteiger partial charge in [0.2, 0.25) is 0 Å². The molecule has 0 saturated heterocycles. The number of rotatable bonds is 1. The van der Waals surface area contributed by atoms with Crippen molar-refractivity contribution >= 4 is 32.7 Å². The summed E-state index contributed by atoms with van der Waals surface area (Å²) in [6.07, 6.45) is 1.64. The molecule has 1 aromatic heterocycles. The lowest BCUT2D eigenvalue weighted by Gasteiger charge is -1.97. The van der Waals surface area contributed by atoms with Crippen LogP contribution in [0.1, 0.15) is 10.4 Å². The number of aromatic amines is 1. The van der Waals surface area contributed by atoms with Crippen molar-refractivity contribution in [3.8, 4) is 0 Å². The van der Waals surface area contributed by atoms with Crippen LogP contribution in [0, 0.1) is 0 Å². The highest BCUT2D eigenvalue weighted by Gasteiger charge is 2.11. The van der Waals surface area contributed by atoms with Gasteiger partial charge < -0.3 is 4.98 Å². The van der Waals surface area contributed by atoms with Crippen LogP contribution in [0.4, 0.5) is 0 Å². The molecule has 0 aliphatic rings. The number of fused-ring (bicyclic) bond motifs is 1. The van der Waals surface area contributed by atoms with Gasteiger partial charge in [0, 0.05) is 16.1 Å². The lowest BCUT2D eigenvalue weighted by atomic mass is 10.2. The summed E-state index contributed by atoms with van der Waals surface area (Å²) >= 11 is 3.39. The van der Waals surface area contributed by atoms with E-state index in [-0.39, 0.29) is 5.91 Å². The van der Waals surface area contributed by atoms with Crippen LogP contribution in [0.25, 0.3) is 10.9 Å². The minimum Gasteiger partial charge on any atom is -0.359 e. The molecule has 2 rings (SSSR count). The number of hydrazine groups is 1. The Morgan fingerprint density at radius 1 is 1.50 bits per heavy atom. The standard InChI is InChI=1S/C9H8BrN3O/c10-7-3-1-2-5-6(9(14)13-11)4-12-8(5)7/h1-4,12H,11H2,(H,13,14). The molecule has 1 heterocycles. The molecular weight excluding hydrogens is 246 g/mol. The molecular formula is C9H8BrN3O. The van der Waals surface area contributed by atoms with Crippen LogP contribution in [-0.4, -0.2) is 10.9 Å². The van der Waals surface area contributed by atoms with E-state index in [9.17, 15) is 4.79 Å². The predicted octanol–water partition coefficient (Wildman–Crippen LogP) is 1.53. The molecule has 4 nitrogen and oxygen atoms in total. The highest BCUT2D eigenvalue weighted by molar-refractivity contribution is 9.10. The zero-order chi connectivity index (χ0) is 10.1. The molecule has 0 aliphatic heterocycles. The van der Waals surface area contributed by atoms with E-state index >= 15 is 0 Å². The Morgan fingerprint density at radius 2 is 2.29 bits per heavy atom. The molecule has 0 saturated carbocycles. The second kappa shape index (κ2) is 3.43. The third-order valence-corrected chi connectivity index (χ3v) is 2.70. The Bertz CT molecular complexity index is 492. The van der Waals surface area contributed by atoms with E-state index in [2.05, 4.69) is 26.3 Å². The summed E-state index contributed by atoms with van der Waals surface area (Å²) in [6, 6.07) is 5.64. The molecule has 1 amide bonds. The van der Waals surface area contributed by atoms with Crippen LogP contribution in [0.3, 0.4) is 0 Å². The van der Waals surface area contributed by atoms with Crippen LogP contribution in [0.2, 0.25) is 0 Å². The van der Waals surface area contributed by atoms with Gasteiger partial charge in [0.25, 0.3) is 5.91 Å². The molecule has 4 N–H and O–H groups in total. The Labute approximate surface area is 88.6 Å². The van der Waals surface area contributed by atoms with Crippen molar-refractivity contribution in [3.63, 3.8) is 0 Å². The fraction of sp³-hybridized carbons (Fsp3) is 0. The van der Waals surface area contributed by atoms with Crippen molar-refractivity contribution in [3.05, 3.63) is 34.4 Å². The molecule has 0 aliphatic carbocycles. The quantitative estimate of drug-likeness (QED) is 0.410. The molecule has 14 heavy (non-hydrogen) atoms. The van der Waals surface area contributed by atoms with Crippen LogP contribution in [0.15, 0.2) is 28.9 Å². The molecule has 0 fully saturated rings. The second-order valence-electron chi connectivity index (χ2n) is 2.84. The number of amides is 1. The van der Waals surface area contributed by atoms with Gasteiger partial charge in [0.05, 0.1) is 11.1 Å². The molecule has 0 spiro atoms. The fourth-order valence-corrected chi connectivity index (χ4v) is 1.86. The number of nitrogens with two attached hydrogens (primary N) is 1. The Kier molecular flexibility index (Phi) is 2.26. The number of nitrogens with one attached hydrogen (secondary N) is 2. The van der Waals surface area contributed by atoms with Crippen molar-refractivity contribution < 1.29 is 4.79 Å². The summed E-state index contributed by atoms with van der Waals surface area (Å²) in [4.78, 5) is 14.3. The molecule has 72 valence electrons. The van der Waals surface area contributed by atoms with Gasteiger partial charge in [-0.05, 0) is 22.0 Å². The van der Waals surface area contributed by atoms with E-state index in [1.165, 1.54) is 0 Å². The van der Waals surface area contributed by atoms with Gasteiger partial charge in [-0.25, -0.2) is 5.84 Å². The first kappa shape index (κ1) is 9.23. The maximum Gasteiger partial charge on any atom is 0.267 e. The van der Waals surface area contributed by atoms with Gasteiger partial charge in [-0.15, -0.1) is 0 Å². The predicted molar refractivity (Wildman–Crippen MR) is 57.7 cm³/mol. The minimum atomic E-state index is -0.297. The minimum absolute atomic E-state index is 0.297. The lowest BCUT2D eigenvalue weighted by Crippen LogP contribution is -2.29. The summed E-state index contributed by atoms with van der Waals surface area (Å²) < 4.78 is 0.922. The molecule has 0 atom stereocenters. The zero-order valence-electron chi connectivity index (χ0n) is 7.17. The summed E-state index contributed by atoms with van der Waals surface area (Å²) in [5.74, 6) is 4.77. The van der Waals surface area contributed by atoms with Gasteiger partial charge in [-0.3, -0.25) is 10.2 Å². The molecule has 0 radical (unpaired) electrons. The number of carbonyl (C=O) groups is 1. The maximum atomic E-state index is 11.3. The lowest BCUT2D eigenvalue weighted by molar-refractivity contribution is 0.0955. The maximum absolute atomic E-state index is 11.3. The highest BCUT2D eigenvalue weighted by Crippen LogP contribution is 2.25. The van der Waals surface area contributed by atoms with E-state index in [1.807, 2.05) is 18.2 Å². The number of halogens is 1. The first-order chi connectivity index (χ1) is 6.74. The van der Waals surface area contributed by atoms with Crippen LogP contribution < -0.4 is 11.3 Å². The number of hydrogen-bond acceptors (Lipinski definition) is 2. The molecule has 1 aromatic carbocycles. The number of hydrogen-bond donors (Lipinski definition) is 3. The molecule has 0 unspecified atom stereocenters. The molecule has 2 aromatic rings. The molecule has 0 bridgehead atoms. The first-order valence-corrected chi connectivity index (χ1v) is 4.80. The normalized spacial score (nSPS) is 10.4. The van der Waals surface area contributed by atoms with Crippen molar-refractivity contribution in [2.45, 2.75) is 0 Å².